The molecule has 20 heavy (non-hydrogen) atoms. The highest BCUT2D eigenvalue weighted by Gasteiger charge is 2.46. The molecule has 1 saturated heterocycles. The zero-order valence-corrected chi connectivity index (χ0v) is 11.5. The molecule has 1 heterocycles. The van der Waals surface area contributed by atoms with E-state index in [1.165, 1.54) is 24.3 Å². The van der Waals surface area contributed by atoms with Crippen molar-refractivity contribution in [3.8, 4) is 0 Å². The second kappa shape index (κ2) is 5.20. The van der Waals surface area contributed by atoms with E-state index in [4.69, 9.17) is 0 Å². The molecule has 0 aliphatic carbocycles. The third-order valence-electron chi connectivity index (χ3n) is 3.43. The summed E-state index contributed by atoms with van der Waals surface area (Å²) in [5, 5.41) is 9.36. The summed E-state index contributed by atoms with van der Waals surface area (Å²) in [4.78, 5) is 21.7. The van der Waals surface area contributed by atoms with Gasteiger partial charge in [-0.1, -0.05) is 12.1 Å². The van der Waals surface area contributed by atoms with E-state index in [0.717, 1.165) is 7.11 Å². The molecule has 0 radical (unpaired) electrons. The fourth-order valence-electron chi connectivity index (χ4n) is 2.43. The van der Waals surface area contributed by atoms with Gasteiger partial charge in [0.05, 0.1) is 17.8 Å². The largest absolute Gasteiger partial charge is 0.468 e. The number of non-ortho nitro benzene ring substituents is 1. The summed E-state index contributed by atoms with van der Waals surface area (Å²) in [7, 11) is -2.39. The van der Waals surface area contributed by atoms with E-state index in [0.29, 0.717) is 12.0 Å². The average molecular weight is 299 g/mol. The van der Waals surface area contributed by atoms with Crippen LogP contribution in [-0.4, -0.2) is 37.4 Å². The maximum absolute atomic E-state index is 11.9. The van der Waals surface area contributed by atoms with Crippen molar-refractivity contribution in [3.63, 3.8) is 0 Å². The molecule has 1 fully saturated rings. The number of benzene rings is 1. The maximum Gasteiger partial charge on any atom is 0.324 e. The number of nitro groups is 1. The van der Waals surface area contributed by atoms with Crippen LogP contribution in [0.15, 0.2) is 24.3 Å². The van der Waals surface area contributed by atoms with Crippen molar-refractivity contribution >= 4 is 21.5 Å². The van der Waals surface area contributed by atoms with Crippen molar-refractivity contribution < 1.29 is 22.9 Å². The Morgan fingerprint density at radius 3 is 2.45 bits per heavy atom. The number of carbonyl (C=O) groups excluding carboxylic acids is 1. The van der Waals surface area contributed by atoms with Crippen LogP contribution in [0.5, 0.6) is 0 Å². The van der Waals surface area contributed by atoms with Crippen molar-refractivity contribution in [3.05, 3.63) is 39.9 Å². The lowest BCUT2D eigenvalue weighted by molar-refractivity contribution is -0.384. The predicted molar refractivity (Wildman–Crippen MR) is 70.0 cm³/mol. The van der Waals surface area contributed by atoms with Gasteiger partial charge in [-0.3, -0.25) is 14.9 Å². The van der Waals surface area contributed by atoms with E-state index in [1.54, 1.807) is 0 Å². The predicted octanol–water partition coefficient (Wildman–Crippen LogP) is 1.04. The van der Waals surface area contributed by atoms with Crippen molar-refractivity contribution in [1.82, 2.24) is 0 Å². The molecule has 0 unspecified atom stereocenters. The molecule has 1 aromatic carbocycles. The topological polar surface area (TPSA) is 104 Å². The molecular weight excluding hydrogens is 286 g/mol. The van der Waals surface area contributed by atoms with Gasteiger partial charge in [0.1, 0.15) is 0 Å². The number of sulfone groups is 1. The molecule has 2 rings (SSSR count). The first-order valence-electron chi connectivity index (χ1n) is 5.90. The van der Waals surface area contributed by atoms with Gasteiger partial charge in [-0.25, -0.2) is 8.42 Å². The molecule has 0 bridgehead atoms. The van der Waals surface area contributed by atoms with E-state index in [1.807, 2.05) is 0 Å². The third kappa shape index (κ3) is 2.51. The molecular formula is C12H13NO6S. The van der Waals surface area contributed by atoms with Crippen LogP contribution in [0.25, 0.3) is 0 Å². The molecule has 0 N–H and O–H groups in total. The van der Waals surface area contributed by atoms with Gasteiger partial charge in [0, 0.05) is 18.1 Å². The molecule has 0 saturated carbocycles. The highest BCUT2D eigenvalue weighted by atomic mass is 32.2. The Balaban J connectivity index is 2.36. The number of carbonyl (C=O) groups is 1. The SMILES string of the molecule is COC(=O)[C@@H]1[C@@H](c2ccc([N+](=O)[O-])cc2)CCS1(=O)=O. The van der Waals surface area contributed by atoms with Gasteiger partial charge in [0.2, 0.25) is 0 Å². The molecule has 1 aliphatic rings. The van der Waals surface area contributed by atoms with Gasteiger partial charge in [0.25, 0.3) is 5.69 Å². The van der Waals surface area contributed by atoms with Crippen molar-refractivity contribution in [1.29, 1.82) is 0 Å². The quantitative estimate of drug-likeness (QED) is 0.469. The molecule has 0 spiro atoms. The maximum atomic E-state index is 11.9. The van der Waals surface area contributed by atoms with E-state index in [9.17, 15) is 23.3 Å². The first kappa shape index (κ1) is 14.4. The number of rotatable bonds is 3. The second-order valence-corrected chi connectivity index (χ2v) is 6.80. The highest BCUT2D eigenvalue weighted by molar-refractivity contribution is 7.93. The van der Waals surface area contributed by atoms with Crippen molar-refractivity contribution in [2.45, 2.75) is 17.6 Å². The second-order valence-electron chi connectivity index (χ2n) is 4.55. The van der Waals surface area contributed by atoms with E-state index in [2.05, 4.69) is 4.74 Å². The lowest BCUT2D eigenvalue weighted by atomic mass is 9.93. The summed E-state index contributed by atoms with van der Waals surface area (Å²) in [6.07, 6.45) is 0.305. The number of esters is 1. The van der Waals surface area contributed by atoms with Crippen molar-refractivity contribution in [2.75, 3.05) is 12.9 Å². The van der Waals surface area contributed by atoms with Crippen LogP contribution in [0.4, 0.5) is 5.69 Å². The molecule has 8 heteroatoms. The Hall–Kier alpha value is -1.96. The fourth-order valence-corrected chi connectivity index (χ4v) is 4.45. The standard InChI is InChI=1S/C12H13NO6S/c1-19-12(14)11-10(6-7-20(11,17)18)8-2-4-9(5-3-8)13(15)16/h2-5,10-11H,6-7H2,1H3/t10-,11+/m1/s1. The summed E-state index contributed by atoms with van der Waals surface area (Å²) in [6, 6.07) is 5.57. The Morgan fingerprint density at radius 2 is 1.95 bits per heavy atom. The summed E-state index contributed by atoms with van der Waals surface area (Å²) in [6.45, 7) is 0. The van der Waals surface area contributed by atoms with Crippen LogP contribution in [0, 0.1) is 10.1 Å². The highest BCUT2D eigenvalue weighted by Crippen LogP contribution is 2.36. The van der Waals surface area contributed by atoms with Gasteiger partial charge < -0.3 is 4.74 Å². The monoisotopic (exact) mass is 299 g/mol. The van der Waals surface area contributed by atoms with Crippen LogP contribution in [0.1, 0.15) is 17.9 Å². The summed E-state index contributed by atoms with van der Waals surface area (Å²) in [5.74, 6) is -1.40. The zero-order chi connectivity index (χ0) is 14.9. The number of nitrogens with zero attached hydrogens (tertiary/aromatic N) is 1. The van der Waals surface area contributed by atoms with Gasteiger partial charge in [-0.05, 0) is 12.0 Å². The molecule has 7 nitrogen and oxygen atoms in total. The molecule has 1 aliphatic heterocycles. The number of ether oxygens (including phenoxy) is 1. The Morgan fingerprint density at radius 1 is 1.35 bits per heavy atom. The summed E-state index contributed by atoms with van der Waals surface area (Å²) in [5.41, 5.74) is 0.510. The van der Waals surface area contributed by atoms with Gasteiger partial charge in [0.15, 0.2) is 15.1 Å². The minimum absolute atomic E-state index is 0.0794. The Bertz CT molecular complexity index is 636. The molecule has 0 amide bonds. The first-order valence-corrected chi connectivity index (χ1v) is 7.62. The van der Waals surface area contributed by atoms with Gasteiger partial charge in [-0.15, -0.1) is 0 Å². The Labute approximate surface area is 115 Å². The van der Waals surface area contributed by atoms with Crippen LogP contribution in [-0.2, 0) is 19.4 Å². The third-order valence-corrected chi connectivity index (χ3v) is 5.53. The molecule has 2 atom stereocenters. The molecule has 108 valence electrons. The van der Waals surface area contributed by atoms with Gasteiger partial charge in [-0.2, -0.15) is 0 Å². The smallest absolute Gasteiger partial charge is 0.324 e. The summed E-state index contributed by atoms with van der Waals surface area (Å²) < 4.78 is 28.4. The number of hydrogen-bond donors (Lipinski definition) is 0. The first-order chi connectivity index (χ1) is 9.36. The minimum Gasteiger partial charge on any atom is -0.468 e. The number of methoxy groups -OCH3 is 1. The normalized spacial score (nSPS) is 24.2. The van der Waals surface area contributed by atoms with Gasteiger partial charge >= 0.3 is 5.97 Å². The van der Waals surface area contributed by atoms with E-state index >= 15 is 0 Å². The number of nitro benzene ring substituents is 1. The van der Waals surface area contributed by atoms with Crippen molar-refractivity contribution in [2.24, 2.45) is 0 Å². The minimum atomic E-state index is -3.53. The van der Waals surface area contributed by atoms with Crippen LogP contribution >= 0.6 is 0 Å². The molecule has 1 aromatic rings. The average Bonchev–Trinajstić information content (AvgIpc) is 2.73. The van der Waals surface area contributed by atoms with Crippen LogP contribution in [0.2, 0.25) is 0 Å². The van der Waals surface area contributed by atoms with E-state index in [-0.39, 0.29) is 11.4 Å². The number of hydrogen-bond acceptors (Lipinski definition) is 6. The Kier molecular flexibility index (Phi) is 3.76. The van der Waals surface area contributed by atoms with E-state index < -0.39 is 31.9 Å². The van der Waals surface area contributed by atoms with Crippen LogP contribution in [0.3, 0.4) is 0 Å². The lowest BCUT2D eigenvalue weighted by Gasteiger charge is -2.16. The molecule has 0 aromatic heterocycles. The summed E-state index contributed by atoms with van der Waals surface area (Å²) >= 11 is 0. The van der Waals surface area contributed by atoms with Crippen LogP contribution < -0.4 is 0 Å². The zero-order valence-electron chi connectivity index (χ0n) is 10.7. The fraction of sp³-hybridized carbons (Fsp3) is 0.417. The lowest BCUT2D eigenvalue weighted by Crippen LogP contribution is -2.31.